The predicted molar refractivity (Wildman–Crippen MR) is 39.2 cm³/mol. The minimum absolute atomic E-state index is 0.235. The summed E-state index contributed by atoms with van der Waals surface area (Å²) < 4.78 is 0. The quantitative estimate of drug-likeness (QED) is 0.535. The van der Waals surface area contributed by atoms with Crippen molar-refractivity contribution >= 4 is 5.97 Å². The molecule has 0 aliphatic carbocycles. The molecule has 2 saturated heterocycles. The number of rotatable bonds is 1. The lowest BCUT2D eigenvalue weighted by Gasteiger charge is -2.27. The number of hydrogen-bond donors (Lipinski definition) is 2. The number of piperidine rings is 1. The van der Waals surface area contributed by atoms with Gasteiger partial charge in [0.15, 0.2) is 0 Å². The van der Waals surface area contributed by atoms with Gasteiger partial charge in [-0.2, -0.15) is 0 Å². The van der Waals surface area contributed by atoms with Gasteiger partial charge < -0.3 is 10.4 Å². The highest BCUT2D eigenvalue weighted by Gasteiger charge is 2.36. The van der Waals surface area contributed by atoms with Gasteiger partial charge in [-0.05, 0) is 12.8 Å². The lowest BCUT2D eigenvalue weighted by molar-refractivity contribution is -0.143. The normalized spacial score (nSPS) is 42.4. The summed E-state index contributed by atoms with van der Waals surface area (Å²) >= 11 is 0. The van der Waals surface area contributed by atoms with Gasteiger partial charge in [0.05, 0.1) is 0 Å². The third kappa shape index (κ3) is 1.12. The van der Waals surface area contributed by atoms with Crippen LogP contribution in [-0.4, -0.2) is 41.3 Å². The largest absolute Gasteiger partial charge is 0.480 e. The van der Waals surface area contributed by atoms with E-state index in [-0.39, 0.29) is 6.04 Å². The van der Waals surface area contributed by atoms with Crippen LogP contribution < -0.4 is 5.32 Å². The average molecular weight is 156 g/mol. The molecule has 0 aromatic carbocycles. The van der Waals surface area contributed by atoms with Gasteiger partial charge in [0.1, 0.15) is 6.04 Å². The van der Waals surface area contributed by atoms with Gasteiger partial charge in [0, 0.05) is 19.3 Å². The first-order valence-corrected chi connectivity index (χ1v) is 3.97. The summed E-state index contributed by atoms with van der Waals surface area (Å²) in [4.78, 5) is 12.7. The molecule has 2 fully saturated rings. The standard InChI is InChI=1S/C7H12N2O2/c10-7(11)6-2-1-5-3-9(6)4-8-5/h5-6,8H,1-4H2,(H,10,11). The van der Waals surface area contributed by atoms with Crippen LogP contribution in [0.1, 0.15) is 12.8 Å². The van der Waals surface area contributed by atoms with Crippen molar-refractivity contribution in [3.05, 3.63) is 0 Å². The molecule has 0 aromatic heterocycles. The highest BCUT2D eigenvalue weighted by atomic mass is 16.4. The van der Waals surface area contributed by atoms with Crippen molar-refractivity contribution in [2.24, 2.45) is 0 Å². The number of nitrogens with one attached hydrogen (secondary N) is 1. The Bertz CT molecular complexity index is 183. The van der Waals surface area contributed by atoms with Gasteiger partial charge in [-0.25, -0.2) is 0 Å². The molecule has 0 aromatic rings. The highest BCUT2D eigenvalue weighted by molar-refractivity contribution is 5.73. The Morgan fingerprint density at radius 1 is 1.55 bits per heavy atom. The van der Waals surface area contributed by atoms with Gasteiger partial charge in [0.25, 0.3) is 0 Å². The molecule has 2 heterocycles. The molecule has 2 N–H and O–H groups in total. The fraction of sp³-hybridized carbons (Fsp3) is 0.857. The maximum Gasteiger partial charge on any atom is 0.320 e. The van der Waals surface area contributed by atoms with Crippen LogP contribution in [-0.2, 0) is 4.79 Å². The van der Waals surface area contributed by atoms with Gasteiger partial charge in [-0.15, -0.1) is 0 Å². The number of fused-ring (bicyclic) bond motifs is 2. The molecule has 62 valence electrons. The zero-order valence-electron chi connectivity index (χ0n) is 6.29. The smallest absolute Gasteiger partial charge is 0.320 e. The number of nitrogens with zero attached hydrogens (tertiary/aromatic N) is 1. The minimum Gasteiger partial charge on any atom is -0.480 e. The maximum atomic E-state index is 10.7. The summed E-state index contributed by atoms with van der Waals surface area (Å²) in [5.41, 5.74) is 0. The Morgan fingerprint density at radius 2 is 2.36 bits per heavy atom. The van der Waals surface area contributed by atoms with E-state index in [1.54, 1.807) is 0 Å². The Hall–Kier alpha value is -0.610. The van der Waals surface area contributed by atoms with E-state index < -0.39 is 5.97 Å². The first kappa shape index (κ1) is 7.06. The van der Waals surface area contributed by atoms with Gasteiger partial charge in [-0.1, -0.05) is 0 Å². The number of carboxylic acid groups (broad SMARTS) is 1. The summed E-state index contributed by atoms with van der Waals surface area (Å²) in [5.74, 6) is -0.674. The molecular weight excluding hydrogens is 144 g/mol. The lowest BCUT2D eigenvalue weighted by atomic mass is 10.0. The zero-order chi connectivity index (χ0) is 7.84. The second-order valence-corrected chi connectivity index (χ2v) is 3.26. The second-order valence-electron chi connectivity index (χ2n) is 3.26. The molecule has 2 aliphatic heterocycles. The molecule has 0 saturated carbocycles. The van der Waals surface area contributed by atoms with Crippen molar-refractivity contribution in [3.8, 4) is 0 Å². The number of carboxylic acids is 1. The maximum absolute atomic E-state index is 10.7. The second kappa shape index (κ2) is 2.46. The van der Waals surface area contributed by atoms with Crippen molar-refractivity contribution in [2.45, 2.75) is 24.9 Å². The first-order chi connectivity index (χ1) is 5.27. The topological polar surface area (TPSA) is 52.6 Å². The highest BCUT2D eigenvalue weighted by Crippen LogP contribution is 2.20. The number of carbonyl (C=O) groups is 1. The molecule has 3 unspecified atom stereocenters. The van der Waals surface area contributed by atoms with Crippen molar-refractivity contribution in [1.82, 2.24) is 10.2 Å². The molecule has 2 aliphatic rings. The van der Waals surface area contributed by atoms with E-state index in [1.807, 2.05) is 4.90 Å². The molecule has 0 radical (unpaired) electrons. The molecule has 0 amide bonds. The summed E-state index contributed by atoms with van der Waals surface area (Å²) in [5, 5.41) is 12.1. The monoisotopic (exact) mass is 156 g/mol. The van der Waals surface area contributed by atoms with Crippen LogP contribution in [0.15, 0.2) is 0 Å². The van der Waals surface area contributed by atoms with Gasteiger partial charge in [0.2, 0.25) is 0 Å². The third-order valence-electron chi connectivity index (χ3n) is 2.55. The Balaban J connectivity index is 2.07. The Kier molecular flexibility index (Phi) is 1.58. The Morgan fingerprint density at radius 3 is 3.09 bits per heavy atom. The van der Waals surface area contributed by atoms with Crippen LogP contribution in [0.3, 0.4) is 0 Å². The molecule has 4 heteroatoms. The van der Waals surface area contributed by atoms with E-state index in [0.29, 0.717) is 6.04 Å². The van der Waals surface area contributed by atoms with Crippen LogP contribution in [0.4, 0.5) is 0 Å². The van der Waals surface area contributed by atoms with E-state index in [1.165, 1.54) is 0 Å². The van der Waals surface area contributed by atoms with Crippen molar-refractivity contribution in [1.29, 1.82) is 0 Å². The lowest BCUT2D eigenvalue weighted by Crippen LogP contribution is -2.43. The first-order valence-electron chi connectivity index (χ1n) is 3.97. The van der Waals surface area contributed by atoms with E-state index in [2.05, 4.69) is 5.32 Å². The van der Waals surface area contributed by atoms with Crippen molar-refractivity contribution < 1.29 is 9.90 Å². The summed E-state index contributed by atoms with van der Waals surface area (Å²) in [6.07, 6.45) is 1.81. The minimum atomic E-state index is -0.674. The number of aliphatic carboxylic acids is 1. The molecule has 11 heavy (non-hydrogen) atoms. The molecule has 2 bridgehead atoms. The summed E-state index contributed by atoms with van der Waals surface area (Å²) in [6.45, 7) is 1.67. The predicted octanol–water partition coefficient (Wildman–Crippen LogP) is -0.535. The summed E-state index contributed by atoms with van der Waals surface area (Å²) in [7, 11) is 0. The van der Waals surface area contributed by atoms with Crippen LogP contribution in [0.2, 0.25) is 0 Å². The fourth-order valence-electron chi connectivity index (χ4n) is 1.91. The van der Waals surface area contributed by atoms with E-state index in [9.17, 15) is 4.79 Å². The van der Waals surface area contributed by atoms with Crippen molar-refractivity contribution in [2.75, 3.05) is 13.2 Å². The molecule has 0 spiro atoms. The Labute approximate surface area is 65.2 Å². The van der Waals surface area contributed by atoms with Crippen LogP contribution in [0.25, 0.3) is 0 Å². The fourth-order valence-corrected chi connectivity index (χ4v) is 1.91. The zero-order valence-corrected chi connectivity index (χ0v) is 6.29. The van der Waals surface area contributed by atoms with E-state index in [0.717, 1.165) is 26.1 Å². The molecule has 2 rings (SSSR count). The van der Waals surface area contributed by atoms with Crippen LogP contribution in [0.5, 0.6) is 0 Å². The third-order valence-corrected chi connectivity index (χ3v) is 2.55. The number of hydrogen-bond acceptors (Lipinski definition) is 3. The van der Waals surface area contributed by atoms with E-state index in [4.69, 9.17) is 5.11 Å². The average Bonchev–Trinajstić information content (AvgIpc) is 2.32. The van der Waals surface area contributed by atoms with Crippen LogP contribution >= 0.6 is 0 Å². The van der Waals surface area contributed by atoms with Gasteiger partial charge in [-0.3, -0.25) is 9.69 Å². The van der Waals surface area contributed by atoms with Crippen LogP contribution in [0, 0.1) is 0 Å². The molecule has 4 nitrogen and oxygen atoms in total. The van der Waals surface area contributed by atoms with E-state index >= 15 is 0 Å². The summed E-state index contributed by atoms with van der Waals surface area (Å²) in [6, 6.07) is 0.312. The van der Waals surface area contributed by atoms with Crippen molar-refractivity contribution in [3.63, 3.8) is 0 Å². The molecule has 3 atom stereocenters. The SMILES string of the molecule is O=C(O)C1CCC2CN1CN2. The molecular formula is C7H12N2O2. The van der Waals surface area contributed by atoms with Gasteiger partial charge >= 0.3 is 5.97 Å².